The summed E-state index contributed by atoms with van der Waals surface area (Å²) in [5.41, 5.74) is 1.00. The van der Waals surface area contributed by atoms with Crippen molar-refractivity contribution in [2.45, 2.75) is 6.54 Å². The van der Waals surface area contributed by atoms with E-state index in [-0.39, 0.29) is 6.61 Å². The fraction of sp³-hybridized carbons (Fsp3) is 0.267. The summed E-state index contributed by atoms with van der Waals surface area (Å²) in [4.78, 5) is 6.60. The first-order valence-electron chi connectivity index (χ1n) is 6.50. The molecule has 5 heteroatoms. The standard InChI is InChI=1S/C15H16N2O2S/c1-17(8-9-18)10-11-6-7-13(19-11)15-16-12-4-2-3-5-14(12)20-15/h2-7,18H,8-10H2,1H3. The minimum atomic E-state index is 0.155. The molecule has 0 bridgehead atoms. The highest BCUT2D eigenvalue weighted by Gasteiger charge is 2.11. The number of furan rings is 1. The van der Waals surface area contributed by atoms with Crippen LogP contribution < -0.4 is 0 Å². The van der Waals surface area contributed by atoms with Crippen molar-refractivity contribution in [3.8, 4) is 10.8 Å². The molecule has 0 aliphatic heterocycles. The first-order valence-corrected chi connectivity index (χ1v) is 7.32. The fourth-order valence-corrected chi connectivity index (χ4v) is 3.00. The minimum Gasteiger partial charge on any atom is -0.457 e. The molecule has 1 aromatic carbocycles. The summed E-state index contributed by atoms with van der Waals surface area (Å²) in [5, 5.41) is 9.80. The number of benzene rings is 1. The Morgan fingerprint density at radius 3 is 2.90 bits per heavy atom. The predicted octanol–water partition coefficient (Wildman–Crippen LogP) is 2.98. The lowest BCUT2D eigenvalue weighted by molar-refractivity contribution is 0.209. The monoisotopic (exact) mass is 288 g/mol. The number of rotatable bonds is 5. The summed E-state index contributed by atoms with van der Waals surface area (Å²) < 4.78 is 7.01. The van der Waals surface area contributed by atoms with Crippen molar-refractivity contribution >= 4 is 21.6 Å². The fourth-order valence-electron chi connectivity index (χ4n) is 2.07. The van der Waals surface area contributed by atoms with Crippen LogP contribution in [0.5, 0.6) is 0 Å². The van der Waals surface area contributed by atoms with Crippen molar-refractivity contribution in [3.05, 3.63) is 42.2 Å². The van der Waals surface area contributed by atoms with Crippen LogP contribution in [-0.2, 0) is 6.54 Å². The van der Waals surface area contributed by atoms with Gasteiger partial charge in [-0.05, 0) is 31.3 Å². The summed E-state index contributed by atoms with van der Waals surface area (Å²) >= 11 is 1.63. The molecule has 20 heavy (non-hydrogen) atoms. The maximum Gasteiger partial charge on any atom is 0.163 e. The topological polar surface area (TPSA) is 49.5 Å². The number of likely N-dealkylation sites (N-methyl/N-ethyl adjacent to an activating group) is 1. The Balaban J connectivity index is 1.82. The Morgan fingerprint density at radius 2 is 2.10 bits per heavy atom. The van der Waals surface area contributed by atoms with Crippen LogP contribution >= 0.6 is 11.3 Å². The maximum atomic E-state index is 8.90. The second kappa shape index (κ2) is 5.75. The molecule has 0 fully saturated rings. The molecule has 0 saturated heterocycles. The molecule has 2 aromatic heterocycles. The van der Waals surface area contributed by atoms with Crippen LogP contribution in [0.4, 0.5) is 0 Å². The summed E-state index contributed by atoms with van der Waals surface area (Å²) in [5.74, 6) is 1.69. The van der Waals surface area contributed by atoms with Crippen LogP contribution in [0.2, 0.25) is 0 Å². The van der Waals surface area contributed by atoms with Gasteiger partial charge in [-0.25, -0.2) is 4.98 Å². The second-order valence-electron chi connectivity index (χ2n) is 4.71. The third kappa shape index (κ3) is 2.75. The number of hydrogen-bond donors (Lipinski definition) is 1. The van der Waals surface area contributed by atoms with Crippen LogP contribution in [0.1, 0.15) is 5.76 Å². The van der Waals surface area contributed by atoms with Crippen molar-refractivity contribution in [3.63, 3.8) is 0 Å². The minimum absolute atomic E-state index is 0.155. The van der Waals surface area contributed by atoms with Gasteiger partial charge >= 0.3 is 0 Å². The average Bonchev–Trinajstić information content (AvgIpc) is 3.04. The van der Waals surface area contributed by atoms with Crippen molar-refractivity contribution < 1.29 is 9.52 Å². The van der Waals surface area contributed by atoms with E-state index in [1.807, 2.05) is 42.3 Å². The number of fused-ring (bicyclic) bond motifs is 1. The van der Waals surface area contributed by atoms with Crippen molar-refractivity contribution in [1.29, 1.82) is 0 Å². The molecular formula is C15H16N2O2S. The molecule has 0 unspecified atom stereocenters. The molecule has 3 aromatic rings. The number of hydrogen-bond acceptors (Lipinski definition) is 5. The summed E-state index contributed by atoms with van der Waals surface area (Å²) in [6, 6.07) is 12.0. The smallest absolute Gasteiger partial charge is 0.163 e. The van der Waals surface area contributed by atoms with E-state index in [0.717, 1.165) is 26.7 Å². The largest absolute Gasteiger partial charge is 0.457 e. The van der Waals surface area contributed by atoms with Gasteiger partial charge in [-0.1, -0.05) is 12.1 Å². The van der Waals surface area contributed by atoms with Gasteiger partial charge < -0.3 is 9.52 Å². The first-order chi connectivity index (χ1) is 9.76. The van der Waals surface area contributed by atoms with Gasteiger partial charge in [-0.15, -0.1) is 11.3 Å². The van der Waals surface area contributed by atoms with E-state index in [2.05, 4.69) is 11.1 Å². The molecule has 1 N–H and O–H groups in total. The third-order valence-electron chi connectivity index (χ3n) is 3.07. The first kappa shape index (κ1) is 13.3. The van der Waals surface area contributed by atoms with Gasteiger partial charge in [0.15, 0.2) is 10.8 Å². The molecule has 0 amide bonds. The molecule has 0 aliphatic carbocycles. The molecule has 0 atom stereocenters. The zero-order chi connectivity index (χ0) is 13.9. The summed E-state index contributed by atoms with van der Waals surface area (Å²) in [6.45, 7) is 1.48. The lowest BCUT2D eigenvalue weighted by atomic mass is 10.3. The molecule has 4 nitrogen and oxygen atoms in total. The van der Waals surface area contributed by atoms with E-state index in [4.69, 9.17) is 9.52 Å². The van der Waals surface area contributed by atoms with Crippen LogP contribution in [0, 0.1) is 0 Å². The van der Waals surface area contributed by atoms with Crippen molar-refractivity contribution in [2.75, 3.05) is 20.2 Å². The maximum absolute atomic E-state index is 8.90. The molecule has 0 radical (unpaired) electrons. The number of nitrogens with zero attached hydrogens (tertiary/aromatic N) is 2. The SMILES string of the molecule is CN(CCO)Cc1ccc(-c2nc3ccccc3s2)o1. The zero-order valence-electron chi connectivity index (χ0n) is 11.2. The van der Waals surface area contributed by atoms with Gasteiger partial charge in [-0.3, -0.25) is 4.90 Å². The lowest BCUT2D eigenvalue weighted by Gasteiger charge is -2.12. The summed E-state index contributed by atoms with van der Waals surface area (Å²) in [7, 11) is 1.95. The van der Waals surface area contributed by atoms with E-state index in [1.54, 1.807) is 11.3 Å². The molecule has 104 valence electrons. The van der Waals surface area contributed by atoms with Crippen LogP contribution in [0.3, 0.4) is 0 Å². The van der Waals surface area contributed by atoms with E-state index in [0.29, 0.717) is 13.1 Å². The Bertz CT molecular complexity index is 672. The quantitative estimate of drug-likeness (QED) is 0.784. The molecule has 0 saturated carbocycles. The highest BCUT2D eigenvalue weighted by molar-refractivity contribution is 7.21. The summed E-state index contributed by atoms with van der Waals surface area (Å²) in [6.07, 6.45) is 0. The van der Waals surface area contributed by atoms with Gasteiger partial charge in [0.05, 0.1) is 23.4 Å². The molecular weight excluding hydrogens is 272 g/mol. The van der Waals surface area contributed by atoms with Gasteiger partial charge in [-0.2, -0.15) is 0 Å². The van der Waals surface area contributed by atoms with Crippen LogP contribution in [0.15, 0.2) is 40.8 Å². The number of aliphatic hydroxyl groups excluding tert-OH is 1. The van der Waals surface area contributed by atoms with Crippen molar-refractivity contribution in [2.24, 2.45) is 0 Å². The van der Waals surface area contributed by atoms with E-state index in [1.165, 1.54) is 0 Å². The van der Waals surface area contributed by atoms with E-state index in [9.17, 15) is 0 Å². The number of aliphatic hydroxyl groups is 1. The van der Waals surface area contributed by atoms with Crippen LogP contribution in [-0.4, -0.2) is 35.2 Å². The van der Waals surface area contributed by atoms with Gasteiger partial charge in [0, 0.05) is 6.54 Å². The Hall–Kier alpha value is -1.69. The zero-order valence-corrected chi connectivity index (χ0v) is 12.1. The number of para-hydroxylation sites is 1. The van der Waals surface area contributed by atoms with Crippen molar-refractivity contribution in [1.82, 2.24) is 9.88 Å². The second-order valence-corrected chi connectivity index (χ2v) is 5.74. The molecule has 3 rings (SSSR count). The molecule has 0 spiro atoms. The van der Waals surface area contributed by atoms with E-state index >= 15 is 0 Å². The lowest BCUT2D eigenvalue weighted by Crippen LogP contribution is -2.21. The Labute approximate surface area is 121 Å². The van der Waals surface area contributed by atoms with Crippen LogP contribution in [0.25, 0.3) is 21.0 Å². The average molecular weight is 288 g/mol. The Kier molecular flexibility index (Phi) is 3.82. The van der Waals surface area contributed by atoms with Gasteiger partial charge in [0.1, 0.15) is 5.76 Å². The molecule has 2 heterocycles. The van der Waals surface area contributed by atoms with Gasteiger partial charge in [0.25, 0.3) is 0 Å². The normalized spacial score (nSPS) is 11.6. The number of thiazole rings is 1. The third-order valence-corrected chi connectivity index (χ3v) is 4.12. The van der Waals surface area contributed by atoms with E-state index < -0.39 is 0 Å². The highest BCUT2D eigenvalue weighted by Crippen LogP contribution is 2.31. The highest BCUT2D eigenvalue weighted by atomic mass is 32.1. The van der Waals surface area contributed by atoms with Gasteiger partial charge in [0.2, 0.25) is 0 Å². The Morgan fingerprint density at radius 1 is 1.25 bits per heavy atom. The predicted molar refractivity (Wildman–Crippen MR) is 80.7 cm³/mol. The molecule has 0 aliphatic rings. The number of aromatic nitrogens is 1.